The van der Waals surface area contributed by atoms with E-state index in [4.69, 9.17) is 4.74 Å². The van der Waals surface area contributed by atoms with Crippen LogP contribution in [0.15, 0.2) is 34.7 Å². The van der Waals surface area contributed by atoms with Crippen molar-refractivity contribution in [1.82, 2.24) is 20.4 Å². The minimum Gasteiger partial charge on any atom is -0.374 e. The number of carbonyl (C=O) groups excluding carboxylic acids is 1. The second-order valence-electron chi connectivity index (χ2n) is 5.89. The van der Waals surface area contributed by atoms with E-state index >= 15 is 0 Å². The van der Waals surface area contributed by atoms with Crippen molar-refractivity contribution in [3.63, 3.8) is 0 Å². The highest BCUT2D eigenvalue weighted by molar-refractivity contribution is 8.01. The number of hydrogen-bond donors (Lipinski definition) is 1. The van der Waals surface area contributed by atoms with Crippen molar-refractivity contribution in [3.05, 3.63) is 40.9 Å². The topological polar surface area (TPSA) is 67.4 Å². The summed E-state index contributed by atoms with van der Waals surface area (Å²) in [6, 6.07) is 10.4. The Labute approximate surface area is 156 Å². The molecular weight excluding hydrogens is 356 g/mol. The van der Waals surface area contributed by atoms with Crippen LogP contribution in [-0.2, 0) is 16.1 Å². The van der Waals surface area contributed by atoms with Gasteiger partial charge >= 0.3 is 0 Å². The number of hydrogen-bond acceptors (Lipinski definition) is 7. The van der Waals surface area contributed by atoms with Crippen LogP contribution in [0.25, 0.3) is 0 Å². The minimum atomic E-state index is 0.00151. The molecule has 0 radical (unpaired) electrons. The first kappa shape index (κ1) is 18.3. The highest BCUT2D eigenvalue weighted by Gasteiger charge is 2.21. The Balaban J connectivity index is 1.38. The maximum absolute atomic E-state index is 12.0. The number of aryl methyl sites for hydroxylation is 1. The predicted molar refractivity (Wildman–Crippen MR) is 99.8 cm³/mol. The third kappa shape index (κ3) is 6.07. The summed E-state index contributed by atoms with van der Waals surface area (Å²) in [5.74, 6) is 0.358. The molecule has 1 aliphatic heterocycles. The molecule has 1 unspecified atom stereocenters. The van der Waals surface area contributed by atoms with E-state index < -0.39 is 0 Å². The van der Waals surface area contributed by atoms with Gasteiger partial charge in [-0.1, -0.05) is 53.4 Å². The molecule has 0 bridgehead atoms. The van der Waals surface area contributed by atoms with Crippen LogP contribution >= 0.6 is 23.1 Å². The fourth-order valence-electron chi connectivity index (χ4n) is 2.63. The van der Waals surface area contributed by atoms with Crippen molar-refractivity contribution in [2.45, 2.75) is 23.9 Å². The van der Waals surface area contributed by atoms with Crippen LogP contribution < -0.4 is 5.32 Å². The van der Waals surface area contributed by atoms with Crippen LogP contribution in [-0.4, -0.2) is 59.1 Å². The second-order valence-corrected chi connectivity index (χ2v) is 8.30. The van der Waals surface area contributed by atoms with Crippen molar-refractivity contribution in [2.24, 2.45) is 0 Å². The fourth-order valence-corrected chi connectivity index (χ4v) is 4.28. The zero-order valence-electron chi connectivity index (χ0n) is 14.2. The van der Waals surface area contributed by atoms with Crippen LogP contribution in [0.5, 0.6) is 0 Å². The molecule has 2 aromatic rings. The van der Waals surface area contributed by atoms with E-state index in [0.29, 0.717) is 18.9 Å². The number of aromatic nitrogens is 2. The number of thioether (sulfide) groups is 1. The van der Waals surface area contributed by atoms with Crippen molar-refractivity contribution < 1.29 is 9.53 Å². The Morgan fingerprint density at radius 2 is 2.24 bits per heavy atom. The number of nitrogens with zero attached hydrogens (tertiary/aromatic N) is 3. The SMILES string of the molecule is Cc1nnc(SCC(=O)NCC2CN(Cc3ccccc3)CCO2)s1. The monoisotopic (exact) mass is 378 g/mol. The quantitative estimate of drug-likeness (QED) is 0.743. The summed E-state index contributed by atoms with van der Waals surface area (Å²) in [5, 5.41) is 11.8. The zero-order chi connectivity index (χ0) is 17.5. The van der Waals surface area contributed by atoms with Gasteiger partial charge in [0.25, 0.3) is 0 Å². The van der Waals surface area contributed by atoms with Crippen LogP contribution in [0.2, 0.25) is 0 Å². The highest BCUT2D eigenvalue weighted by Crippen LogP contribution is 2.21. The van der Waals surface area contributed by atoms with E-state index in [1.165, 1.54) is 28.7 Å². The largest absolute Gasteiger partial charge is 0.374 e. The molecule has 2 heterocycles. The molecule has 1 aromatic carbocycles. The summed E-state index contributed by atoms with van der Waals surface area (Å²) < 4.78 is 6.61. The molecule has 25 heavy (non-hydrogen) atoms. The van der Waals surface area contributed by atoms with Gasteiger partial charge in [-0.3, -0.25) is 9.69 Å². The zero-order valence-corrected chi connectivity index (χ0v) is 15.8. The maximum atomic E-state index is 12.0. The molecule has 3 rings (SSSR count). The Bertz CT molecular complexity index is 680. The van der Waals surface area contributed by atoms with Gasteiger partial charge in [0.05, 0.1) is 18.5 Å². The average Bonchev–Trinajstić information content (AvgIpc) is 3.05. The van der Waals surface area contributed by atoms with Gasteiger partial charge in [0.2, 0.25) is 5.91 Å². The molecule has 0 spiro atoms. The lowest BCUT2D eigenvalue weighted by molar-refractivity contribution is -0.119. The fraction of sp³-hybridized carbons (Fsp3) is 0.471. The van der Waals surface area contributed by atoms with E-state index in [2.05, 4.69) is 44.7 Å². The third-order valence-corrected chi connectivity index (χ3v) is 5.81. The van der Waals surface area contributed by atoms with Gasteiger partial charge in [-0.15, -0.1) is 10.2 Å². The number of carbonyl (C=O) groups is 1. The van der Waals surface area contributed by atoms with Gasteiger partial charge < -0.3 is 10.1 Å². The molecule has 1 aliphatic rings. The molecule has 0 aliphatic carbocycles. The van der Waals surface area contributed by atoms with E-state index in [-0.39, 0.29) is 12.0 Å². The molecule has 8 heteroatoms. The number of ether oxygens (including phenoxy) is 1. The molecule has 1 aromatic heterocycles. The molecule has 6 nitrogen and oxygen atoms in total. The summed E-state index contributed by atoms with van der Waals surface area (Å²) in [6.45, 7) is 5.82. The van der Waals surface area contributed by atoms with Gasteiger partial charge in [0.15, 0.2) is 4.34 Å². The van der Waals surface area contributed by atoms with Crippen molar-refractivity contribution in [3.8, 4) is 0 Å². The lowest BCUT2D eigenvalue weighted by Crippen LogP contribution is -2.47. The van der Waals surface area contributed by atoms with Crippen LogP contribution in [0.4, 0.5) is 0 Å². The molecule has 0 saturated carbocycles. The number of benzene rings is 1. The highest BCUT2D eigenvalue weighted by atomic mass is 32.2. The number of amides is 1. The number of nitrogens with one attached hydrogen (secondary N) is 1. The Morgan fingerprint density at radius 3 is 3.00 bits per heavy atom. The van der Waals surface area contributed by atoms with Gasteiger partial charge in [0.1, 0.15) is 5.01 Å². The maximum Gasteiger partial charge on any atom is 0.230 e. The molecule has 134 valence electrons. The first-order chi connectivity index (χ1) is 12.2. The van der Waals surface area contributed by atoms with Gasteiger partial charge in [-0.25, -0.2) is 0 Å². The summed E-state index contributed by atoms with van der Waals surface area (Å²) >= 11 is 2.93. The first-order valence-corrected chi connectivity index (χ1v) is 10.1. The summed E-state index contributed by atoms with van der Waals surface area (Å²) in [5.41, 5.74) is 1.30. The van der Waals surface area contributed by atoms with Crippen molar-refractivity contribution in [2.75, 3.05) is 32.0 Å². The van der Waals surface area contributed by atoms with E-state index in [0.717, 1.165) is 29.0 Å². The number of rotatable bonds is 7. The van der Waals surface area contributed by atoms with Gasteiger partial charge in [0, 0.05) is 26.2 Å². The van der Waals surface area contributed by atoms with E-state index in [9.17, 15) is 4.79 Å². The minimum absolute atomic E-state index is 0.00151. The van der Waals surface area contributed by atoms with Crippen LogP contribution in [0.1, 0.15) is 10.6 Å². The normalized spacial score (nSPS) is 18.2. The smallest absolute Gasteiger partial charge is 0.230 e. The third-order valence-electron chi connectivity index (χ3n) is 3.83. The summed E-state index contributed by atoms with van der Waals surface area (Å²) in [7, 11) is 0. The molecule has 1 saturated heterocycles. The van der Waals surface area contributed by atoms with Crippen molar-refractivity contribution >= 4 is 29.0 Å². The first-order valence-electron chi connectivity index (χ1n) is 8.26. The van der Waals surface area contributed by atoms with E-state index in [1.54, 1.807) is 0 Å². The molecule has 1 N–H and O–H groups in total. The average molecular weight is 379 g/mol. The Kier molecular flexibility index (Phi) is 6.80. The Hall–Kier alpha value is -1.48. The predicted octanol–water partition coefficient (Wildman–Crippen LogP) is 1.96. The second kappa shape index (κ2) is 9.28. The van der Waals surface area contributed by atoms with Gasteiger partial charge in [-0.2, -0.15) is 0 Å². The van der Waals surface area contributed by atoms with Crippen molar-refractivity contribution in [1.29, 1.82) is 0 Å². The Morgan fingerprint density at radius 1 is 1.40 bits per heavy atom. The summed E-state index contributed by atoms with van der Waals surface area (Å²) in [6.07, 6.45) is 0.0372. The molecular formula is C17H22N4O2S2. The summed E-state index contributed by atoms with van der Waals surface area (Å²) in [4.78, 5) is 14.4. The standard InChI is InChI=1S/C17H22N4O2S2/c1-13-19-20-17(25-13)24-12-16(22)18-9-15-11-21(7-8-23-15)10-14-5-3-2-4-6-14/h2-6,15H,7-12H2,1H3,(H,18,22). The number of morpholine rings is 1. The van der Waals surface area contributed by atoms with Crippen LogP contribution in [0, 0.1) is 6.92 Å². The van der Waals surface area contributed by atoms with Gasteiger partial charge in [-0.05, 0) is 12.5 Å². The molecule has 1 fully saturated rings. The van der Waals surface area contributed by atoms with Crippen LogP contribution in [0.3, 0.4) is 0 Å². The molecule has 1 atom stereocenters. The lowest BCUT2D eigenvalue weighted by Gasteiger charge is -2.33. The molecule has 1 amide bonds. The lowest BCUT2D eigenvalue weighted by atomic mass is 10.2. The van der Waals surface area contributed by atoms with E-state index in [1.807, 2.05) is 13.0 Å².